The molecule has 0 bridgehead atoms. The van der Waals surface area contributed by atoms with Gasteiger partial charge in [0, 0.05) is 62.3 Å². The fourth-order valence-electron chi connectivity index (χ4n) is 3.81. The molecule has 0 saturated carbocycles. The van der Waals surface area contributed by atoms with E-state index in [1.807, 2.05) is 23.1 Å². The highest BCUT2D eigenvalue weighted by atomic mass is 19.2. The van der Waals surface area contributed by atoms with Crippen molar-refractivity contribution in [3.05, 3.63) is 65.9 Å². The maximum atomic E-state index is 13.4. The average molecular weight is 401 g/mol. The van der Waals surface area contributed by atoms with Crippen LogP contribution in [-0.2, 0) is 6.42 Å². The first-order valence-electron chi connectivity index (χ1n) is 9.79. The fourth-order valence-corrected chi connectivity index (χ4v) is 3.81. The topological polar surface area (TPSA) is 48.0 Å². The van der Waals surface area contributed by atoms with E-state index < -0.39 is 17.7 Å². The number of hydrogen-bond donors (Lipinski definition) is 2. The maximum Gasteiger partial charge on any atom is 0.160 e. The van der Waals surface area contributed by atoms with Crippen LogP contribution in [0.3, 0.4) is 0 Å². The van der Waals surface area contributed by atoms with Crippen molar-refractivity contribution in [2.75, 3.05) is 49.5 Å². The molecule has 0 amide bonds. The molecule has 2 aromatic rings. The van der Waals surface area contributed by atoms with Gasteiger partial charge in [-0.25, -0.2) is 8.78 Å². The molecule has 0 radical (unpaired) electrons. The standard InChI is InChI=1S/C22H25F2N3O2/c1-15-10-16-11-19(3-5-22(16)25-15)29-14-18(28)13-26-6-8-27(9-7-26)17-2-4-20(23)21(24)12-17/h2-5,11-12,18,25,28H,1,6-10,13-14H2/t18-/m0/s1. The number of anilines is 2. The van der Waals surface area contributed by atoms with Crippen molar-refractivity contribution in [1.29, 1.82) is 0 Å². The summed E-state index contributed by atoms with van der Waals surface area (Å²) < 4.78 is 32.3. The Bertz CT molecular complexity index is 898. The summed E-state index contributed by atoms with van der Waals surface area (Å²) in [5.74, 6) is -0.924. The van der Waals surface area contributed by atoms with Crippen LogP contribution < -0.4 is 15.0 Å². The lowest BCUT2D eigenvalue weighted by molar-refractivity contribution is 0.0663. The number of allylic oxidation sites excluding steroid dienone is 1. The molecule has 5 nitrogen and oxygen atoms in total. The fraction of sp³-hybridized carbons (Fsp3) is 0.364. The lowest BCUT2D eigenvalue weighted by Gasteiger charge is -2.36. The second-order valence-electron chi connectivity index (χ2n) is 7.58. The minimum absolute atomic E-state index is 0.219. The van der Waals surface area contributed by atoms with Crippen molar-refractivity contribution in [3.8, 4) is 5.75 Å². The largest absolute Gasteiger partial charge is 0.491 e. The van der Waals surface area contributed by atoms with E-state index in [2.05, 4.69) is 16.8 Å². The van der Waals surface area contributed by atoms with E-state index in [1.165, 1.54) is 6.07 Å². The van der Waals surface area contributed by atoms with E-state index in [9.17, 15) is 13.9 Å². The molecule has 29 heavy (non-hydrogen) atoms. The molecule has 7 heteroatoms. The van der Waals surface area contributed by atoms with Crippen LogP contribution in [0.1, 0.15) is 5.56 Å². The van der Waals surface area contributed by atoms with Gasteiger partial charge in [-0.2, -0.15) is 0 Å². The molecule has 1 fully saturated rings. The normalized spacial score (nSPS) is 17.8. The van der Waals surface area contributed by atoms with Crippen molar-refractivity contribution in [2.24, 2.45) is 0 Å². The summed E-state index contributed by atoms with van der Waals surface area (Å²) in [6.45, 7) is 7.53. The zero-order valence-electron chi connectivity index (χ0n) is 16.2. The molecule has 0 unspecified atom stereocenters. The number of ether oxygens (including phenoxy) is 1. The van der Waals surface area contributed by atoms with Crippen LogP contribution in [0.5, 0.6) is 5.75 Å². The Labute approximate surface area is 169 Å². The number of aliphatic hydroxyl groups is 1. The van der Waals surface area contributed by atoms with Gasteiger partial charge in [0.2, 0.25) is 0 Å². The summed E-state index contributed by atoms with van der Waals surface area (Å²) in [6, 6.07) is 9.81. The molecular weight excluding hydrogens is 376 g/mol. The van der Waals surface area contributed by atoms with E-state index in [0.29, 0.717) is 25.3 Å². The smallest absolute Gasteiger partial charge is 0.160 e. The molecule has 2 aliphatic heterocycles. The Morgan fingerprint density at radius 3 is 2.62 bits per heavy atom. The van der Waals surface area contributed by atoms with Gasteiger partial charge in [-0.3, -0.25) is 4.90 Å². The summed E-state index contributed by atoms with van der Waals surface area (Å²) in [4.78, 5) is 4.18. The van der Waals surface area contributed by atoms with Gasteiger partial charge >= 0.3 is 0 Å². The highest BCUT2D eigenvalue weighted by Crippen LogP contribution is 2.30. The SMILES string of the molecule is C=C1Cc2cc(OC[C@@H](O)CN3CCN(c4ccc(F)c(F)c4)CC3)ccc2N1. The van der Waals surface area contributed by atoms with Gasteiger partial charge < -0.3 is 20.1 Å². The third kappa shape index (κ3) is 4.68. The van der Waals surface area contributed by atoms with Crippen LogP contribution in [0.25, 0.3) is 0 Å². The van der Waals surface area contributed by atoms with Crippen molar-refractivity contribution < 1.29 is 18.6 Å². The maximum absolute atomic E-state index is 13.4. The number of nitrogens with zero attached hydrogens (tertiary/aromatic N) is 2. The number of piperazine rings is 1. The molecule has 4 rings (SSSR count). The Hall–Kier alpha value is -2.64. The minimum atomic E-state index is -0.833. The number of hydrogen-bond acceptors (Lipinski definition) is 5. The van der Waals surface area contributed by atoms with Crippen LogP contribution in [0, 0.1) is 11.6 Å². The summed E-state index contributed by atoms with van der Waals surface area (Å²) in [6.07, 6.45) is 0.184. The predicted molar refractivity (Wildman–Crippen MR) is 109 cm³/mol. The first-order valence-corrected chi connectivity index (χ1v) is 9.79. The van der Waals surface area contributed by atoms with Crippen LogP contribution in [0.4, 0.5) is 20.2 Å². The van der Waals surface area contributed by atoms with E-state index in [4.69, 9.17) is 4.74 Å². The van der Waals surface area contributed by atoms with Crippen LogP contribution >= 0.6 is 0 Å². The Balaban J connectivity index is 1.23. The average Bonchev–Trinajstić information content (AvgIpc) is 3.08. The minimum Gasteiger partial charge on any atom is -0.491 e. The number of rotatable bonds is 6. The van der Waals surface area contributed by atoms with Crippen molar-refractivity contribution >= 4 is 11.4 Å². The molecular formula is C22H25F2N3O2. The Morgan fingerprint density at radius 2 is 1.86 bits per heavy atom. The summed E-state index contributed by atoms with van der Waals surface area (Å²) >= 11 is 0. The number of halogens is 2. The highest BCUT2D eigenvalue weighted by molar-refractivity contribution is 5.63. The zero-order chi connectivity index (χ0) is 20.4. The van der Waals surface area contributed by atoms with Gasteiger partial charge in [-0.1, -0.05) is 6.58 Å². The summed E-state index contributed by atoms with van der Waals surface area (Å²) in [7, 11) is 0. The Kier molecular flexibility index (Phi) is 5.69. The number of β-amino-alcohol motifs (C(OH)–C–C–N with tert-alkyl or cyclic N) is 1. The highest BCUT2D eigenvalue weighted by Gasteiger charge is 2.21. The van der Waals surface area contributed by atoms with Crippen molar-refractivity contribution in [3.63, 3.8) is 0 Å². The van der Waals surface area contributed by atoms with Crippen LogP contribution in [0.15, 0.2) is 48.7 Å². The van der Waals surface area contributed by atoms with Gasteiger partial charge in [0.15, 0.2) is 11.6 Å². The Morgan fingerprint density at radius 1 is 1.07 bits per heavy atom. The van der Waals surface area contributed by atoms with Gasteiger partial charge in [-0.05, 0) is 35.9 Å². The lowest BCUT2D eigenvalue weighted by Crippen LogP contribution is -2.49. The first-order chi connectivity index (χ1) is 14.0. The van der Waals surface area contributed by atoms with E-state index in [1.54, 1.807) is 6.07 Å². The predicted octanol–water partition coefficient (Wildman–Crippen LogP) is 3.01. The second-order valence-corrected chi connectivity index (χ2v) is 7.58. The summed E-state index contributed by atoms with van der Waals surface area (Å²) in [5.41, 5.74) is 3.86. The van der Waals surface area contributed by atoms with Gasteiger partial charge in [0.1, 0.15) is 18.5 Å². The van der Waals surface area contributed by atoms with Crippen LogP contribution in [-0.4, -0.2) is 55.4 Å². The molecule has 0 aliphatic carbocycles. The first kappa shape index (κ1) is 19.7. The number of nitrogens with one attached hydrogen (secondary N) is 1. The summed E-state index contributed by atoms with van der Waals surface area (Å²) in [5, 5.41) is 13.6. The van der Waals surface area contributed by atoms with Gasteiger partial charge in [0.25, 0.3) is 0 Å². The molecule has 1 saturated heterocycles. The van der Waals surface area contributed by atoms with Gasteiger partial charge in [0.05, 0.1) is 0 Å². The molecule has 0 aromatic heterocycles. The van der Waals surface area contributed by atoms with Crippen molar-refractivity contribution in [1.82, 2.24) is 4.90 Å². The molecule has 2 aromatic carbocycles. The zero-order valence-corrected chi connectivity index (χ0v) is 16.2. The van der Waals surface area contributed by atoms with Gasteiger partial charge in [-0.15, -0.1) is 0 Å². The third-order valence-corrected chi connectivity index (χ3v) is 5.34. The monoisotopic (exact) mass is 401 g/mol. The number of aliphatic hydroxyl groups excluding tert-OH is 1. The molecule has 2 aliphatic rings. The lowest BCUT2D eigenvalue weighted by atomic mass is 10.1. The van der Waals surface area contributed by atoms with E-state index >= 15 is 0 Å². The van der Waals surface area contributed by atoms with E-state index in [0.717, 1.165) is 48.3 Å². The number of benzene rings is 2. The third-order valence-electron chi connectivity index (χ3n) is 5.34. The van der Waals surface area contributed by atoms with Crippen LogP contribution in [0.2, 0.25) is 0 Å². The van der Waals surface area contributed by atoms with Crippen molar-refractivity contribution in [2.45, 2.75) is 12.5 Å². The molecule has 1 atom stereocenters. The second kappa shape index (κ2) is 8.39. The molecule has 0 spiro atoms. The quantitative estimate of drug-likeness (QED) is 0.779. The molecule has 154 valence electrons. The number of fused-ring (bicyclic) bond motifs is 1. The van der Waals surface area contributed by atoms with E-state index in [-0.39, 0.29) is 6.61 Å². The molecule has 2 heterocycles. The molecule has 2 N–H and O–H groups in total.